The van der Waals surface area contributed by atoms with Crippen LogP contribution in [0.4, 0.5) is 0 Å². The van der Waals surface area contributed by atoms with Crippen LogP contribution in [-0.4, -0.2) is 31.9 Å². The maximum absolute atomic E-state index is 12.9. The summed E-state index contributed by atoms with van der Waals surface area (Å²) in [7, 11) is -3.51. The number of hydrogen-bond donors (Lipinski definition) is 1. The highest BCUT2D eigenvalue weighted by Gasteiger charge is 2.49. The van der Waals surface area contributed by atoms with E-state index < -0.39 is 20.6 Å². The van der Waals surface area contributed by atoms with Crippen molar-refractivity contribution in [3.63, 3.8) is 0 Å². The van der Waals surface area contributed by atoms with Crippen LogP contribution in [0.2, 0.25) is 0 Å². The lowest BCUT2D eigenvalue weighted by Crippen LogP contribution is -2.41. The van der Waals surface area contributed by atoms with Crippen LogP contribution in [0.5, 0.6) is 5.75 Å². The molecule has 1 aromatic carbocycles. The first-order valence-electron chi connectivity index (χ1n) is 9.15. The highest BCUT2D eigenvalue weighted by molar-refractivity contribution is 7.92. The molecule has 2 heterocycles. The molecule has 7 heteroatoms. The van der Waals surface area contributed by atoms with E-state index in [1.807, 2.05) is 37.3 Å². The summed E-state index contributed by atoms with van der Waals surface area (Å²) >= 11 is 1.38. The lowest BCUT2D eigenvalue weighted by Gasteiger charge is -2.34. The number of ether oxygens (including phenoxy) is 1. The van der Waals surface area contributed by atoms with Gasteiger partial charge >= 0.3 is 5.97 Å². The quantitative estimate of drug-likeness (QED) is 0.731. The van der Waals surface area contributed by atoms with E-state index in [4.69, 9.17) is 4.74 Å². The molecule has 1 aliphatic heterocycles. The van der Waals surface area contributed by atoms with Gasteiger partial charge in [0.2, 0.25) is 0 Å². The molecule has 0 aliphatic carbocycles. The maximum atomic E-state index is 12.9. The molecule has 27 heavy (non-hydrogen) atoms. The molecule has 0 radical (unpaired) electrons. The van der Waals surface area contributed by atoms with Gasteiger partial charge in [0.1, 0.15) is 10.5 Å². The first-order chi connectivity index (χ1) is 12.9. The molecule has 1 aliphatic rings. The molecule has 0 saturated carbocycles. The van der Waals surface area contributed by atoms with E-state index in [0.717, 1.165) is 29.0 Å². The molecule has 0 spiro atoms. The fraction of sp³-hybridized carbons (Fsp3) is 0.450. The Morgan fingerprint density at radius 1 is 1.19 bits per heavy atom. The fourth-order valence-electron chi connectivity index (χ4n) is 3.53. The highest BCUT2D eigenvalue weighted by Crippen LogP contribution is 2.47. The summed E-state index contributed by atoms with van der Waals surface area (Å²) < 4.78 is 30.0. The molecular weight excluding hydrogens is 384 g/mol. The van der Waals surface area contributed by atoms with Gasteiger partial charge in [-0.25, -0.2) is 8.42 Å². The van der Waals surface area contributed by atoms with Crippen molar-refractivity contribution in [3.8, 4) is 16.2 Å². The molecule has 0 amide bonds. The Kier molecular flexibility index (Phi) is 5.91. The summed E-state index contributed by atoms with van der Waals surface area (Å²) in [6.07, 6.45) is 2.25. The van der Waals surface area contributed by atoms with Gasteiger partial charge in [0.05, 0.1) is 18.8 Å². The molecule has 2 aromatic rings. The minimum absolute atomic E-state index is 0.0526. The fourth-order valence-corrected chi connectivity index (χ4v) is 7.31. The summed E-state index contributed by atoms with van der Waals surface area (Å²) in [5.41, 5.74) is 0.966. The molecule has 1 N–H and O–H groups in total. The lowest BCUT2D eigenvalue weighted by atomic mass is 9.95. The number of benzene rings is 1. The molecule has 1 atom stereocenters. The predicted molar refractivity (Wildman–Crippen MR) is 107 cm³/mol. The van der Waals surface area contributed by atoms with Gasteiger partial charge in [-0.1, -0.05) is 13.3 Å². The van der Waals surface area contributed by atoms with Crippen molar-refractivity contribution < 1.29 is 23.1 Å². The number of carboxylic acids is 1. The Hall–Kier alpha value is -1.86. The zero-order valence-corrected chi connectivity index (χ0v) is 16.9. The number of hydrogen-bond acceptors (Lipinski definition) is 5. The Labute approximate surface area is 163 Å². The van der Waals surface area contributed by atoms with Crippen molar-refractivity contribution in [2.24, 2.45) is 0 Å². The highest BCUT2D eigenvalue weighted by atomic mass is 32.2. The first-order valence-corrected chi connectivity index (χ1v) is 11.6. The summed E-state index contributed by atoms with van der Waals surface area (Å²) in [5.74, 6) is -0.223. The van der Waals surface area contributed by atoms with Crippen molar-refractivity contribution in [1.29, 1.82) is 0 Å². The summed E-state index contributed by atoms with van der Waals surface area (Å²) in [6.45, 7) is 2.71. The number of carbonyl (C=O) groups is 1. The van der Waals surface area contributed by atoms with Crippen molar-refractivity contribution in [2.75, 3.05) is 12.4 Å². The van der Waals surface area contributed by atoms with E-state index in [0.29, 0.717) is 24.3 Å². The van der Waals surface area contributed by atoms with Gasteiger partial charge in [-0.15, -0.1) is 11.3 Å². The Bertz CT molecular complexity index is 899. The van der Waals surface area contributed by atoms with E-state index in [1.165, 1.54) is 11.3 Å². The molecule has 1 saturated heterocycles. The van der Waals surface area contributed by atoms with Crippen LogP contribution in [0.15, 0.2) is 36.4 Å². The minimum atomic E-state index is -3.51. The van der Waals surface area contributed by atoms with Crippen LogP contribution in [0.3, 0.4) is 0 Å². The summed E-state index contributed by atoms with van der Waals surface area (Å²) in [5, 5.41) is 9.38. The molecule has 1 aromatic heterocycles. The molecule has 0 bridgehead atoms. The summed E-state index contributed by atoms with van der Waals surface area (Å²) in [6, 6.07) is 11.4. The molecule has 0 unspecified atom stereocenters. The van der Waals surface area contributed by atoms with Crippen LogP contribution >= 0.6 is 11.3 Å². The SMILES string of the molecule is CCCOc1ccc(-c2ccc([C@@]3(CC(=O)O)CCCCS3(=O)=O)s2)cc1. The molecule has 1 fully saturated rings. The van der Waals surface area contributed by atoms with Crippen LogP contribution < -0.4 is 4.74 Å². The molecule has 3 rings (SSSR count). The Morgan fingerprint density at radius 2 is 1.93 bits per heavy atom. The number of carboxylic acid groups (broad SMARTS) is 1. The third-order valence-corrected chi connectivity index (χ3v) is 9.00. The summed E-state index contributed by atoms with van der Waals surface area (Å²) in [4.78, 5) is 13.0. The van der Waals surface area contributed by atoms with Gasteiger partial charge < -0.3 is 9.84 Å². The van der Waals surface area contributed by atoms with E-state index in [1.54, 1.807) is 6.07 Å². The van der Waals surface area contributed by atoms with Gasteiger partial charge in [0.15, 0.2) is 9.84 Å². The van der Waals surface area contributed by atoms with Gasteiger partial charge in [0.25, 0.3) is 0 Å². The van der Waals surface area contributed by atoms with E-state index in [-0.39, 0.29) is 12.2 Å². The predicted octanol–water partition coefficient (Wildman–Crippen LogP) is 4.47. The molecular formula is C20H24O5S2. The number of sulfone groups is 1. The van der Waals surface area contributed by atoms with E-state index in [2.05, 4.69) is 0 Å². The van der Waals surface area contributed by atoms with Crippen molar-refractivity contribution in [3.05, 3.63) is 41.3 Å². The molecule has 5 nitrogen and oxygen atoms in total. The number of thiophene rings is 1. The zero-order valence-electron chi connectivity index (χ0n) is 15.3. The number of rotatable bonds is 7. The van der Waals surface area contributed by atoms with Gasteiger partial charge in [0, 0.05) is 9.75 Å². The van der Waals surface area contributed by atoms with Crippen LogP contribution in [0, 0.1) is 0 Å². The minimum Gasteiger partial charge on any atom is -0.494 e. The topological polar surface area (TPSA) is 80.7 Å². The third-order valence-electron chi connectivity index (χ3n) is 4.94. The Morgan fingerprint density at radius 3 is 2.56 bits per heavy atom. The normalized spacial score (nSPS) is 21.7. The largest absolute Gasteiger partial charge is 0.494 e. The van der Waals surface area contributed by atoms with Gasteiger partial charge in [-0.05, 0) is 61.2 Å². The maximum Gasteiger partial charge on any atom is 0.305 e. The second-order valence-electron chi connectivity index (χ2n) is 6.88. The average molecular weight is 409 g/mol. The third kappa shape index (κ3) is 4.04. The van der Waals surface area contributed by atoms with Crippen LogP contribution in [0.25, 0.3) is 10.4 Å². The van der Waals surface area contributed by atoms with Crippen LogP contribution in [-0.2, 0) is 19.4 Å². The van der Waals surface area contributed by atoms with Gasteiger partial charge in [-0.2, -0.15) is 0 Å². The molecule has 146 valence electrons. The van der Waals surface area contributed by atoms with E-state index >= 15 is 0 Å². The zero-order chi connectivity index (χ0) is 19.5. The van der Waals surface area contributed by atoms with E-state index in [9.17, 15) is 18.3 Å². The lowest BCUT2D eigenvalue weighted by molar-refractivity contribution is -0.137. The average Bonchev–Trinajstić information content (AvgIpc) is 3.12. The smallest absolute Gasteiger partial charge is 0.305 e. The standard InChI is InChI=1S/C20H24O5S2/c1-2-12-25-16-7-5-15(6-8-16)17-9-10-18(26-17)20(14-19(21)22)11-3-4-13-27(20,23)24/h5-10H,2-4,11-14H2,1H3,(H,21,22)/t20-/m0/s1. The first kappa shape index (κ1) is 19.9. The van der Waals surface area contributed by atoms with Crippen LogP contribution in [0.1, 0.15) is 43.9 Å². The second kappa shape index (κ2) is 8.02. The number of aliphatic carboxylic acids is 1. The van der Waals surface area contributed by atoms with Crippen molar-refractivity contribution >= 4 is 27.1 Å². The Balaban J connectivity index is 1.93. The monoisotopic (exact) mass is 408 g/mol. The van der Waals surface area contributed by atoms with Crippen molar-refractivity contribution in [2.45, 2.75) is 43.8 Å². The second-order valence-corrected chi connectivity index (χ2v) is 10.4. The van der Waals surface area contributed by atoms with Gasteiger partial charge in [-0.3, -0.25) is 4.79 Å². The van der Waals surface area contributed by atoms with Crippen molar-refractivity contribution in [1.82, 2.24) is 0 Å².